The van der Waals surface area contributed by atoms with E-state index in [1.54, 1.807) is 31.2 Å². The number of nitrogens with one attached hydrogen (secondary N) is 2. The molecule has 0 spiro atoms. The lowest BCUT2D eigenvalue weighted by Gasteiger charge is -2.13. The van der Waals surface area contributed by atoms with Crippen LogP contribution < -0.4 is 10.6 Å². The van der Waals surface area contributed by atoms with E-state index in [2.05, 4.69) is 27.3 Å². The molecule has 1 aromatic heterocycles. The molecule has 31 heavy (non-hydrogen) atoms. The first-order chi connectivity index (χ1) is 15.1. The van der Waals surface area contributed by atoms with Crippen molar-refractivity contribution in [3.05, 3.63) is 90.0 Å². The van der Waals surface area contributed by atoms with E-state index in [0.717, 1.165) is 16.7 Å². The molecule has 156 valence electrons. The van der Waals surface area contributed by atoms with Crippen molar-refractivity contribution in [1.29, 1.82) is 0 Å². The van der Waals surface area contributed by atoms with E-state index >= 15 is 0 Å². The van der Waals surface area contributed by atoms with Crippen LogP contribution in [0.25, 0.3) is 11.0 Å². The normalized spacial score (nSPS) is 10.6. The molecule has 6 nitrogen and oxygen atoms in total. The second kappa shape index (κ2) is 9.40. The number of nitrogens with zero attached hydrogens (tertiary/aromatic N) is 2. The summed E-state index contributed by atoms with van der Waals surface area (Å²) in [4.78, 5) is 16.5. The number of rotatable bonds is 6. The Labute approximate surface area is 185 Å². The van der Waals surface area contributed by atoms with Crippen molar-refractivity contribution >= 4 is 46.0 Å². The number of ether oxygens (including phenoxy) is 1. The van der Waals surface area contributed by atoms with E-state index in [4.69, 9.17) is 21.9 Å². The third-order valence-corrected chi connectivity index (χ3v) is 4.92. The van der Waals surface area contributed by atoms with E-state index in [1.807, 2.05) is 42.5 Å². The van der Waals surface area contributed by atoms with E-state index in [0.29, 0.717) is 29.8 Å². The summed E-state index contributed by atoms with van der Waals surface area (Å²) in [6.45, 7) is 2.79. The van der Waals surface area contributed by atoms with Crippen molar-refractivity contribution in [1.82, 2.24) is 9.55 Å². The molecule has 0 saturated heterocycles. The number of hydrogen-bond acceptors (Lipinski definition) is 4. The molecule has 0 amide bonds. The minimum Gasteiger partial charge on any atom is -0.462 e. The van der Waals surface area contributed by atoms with Crippen LogP contribution in [0.2, 0.25) is 0 Å². The molecule has 0 bridgehead atoms. The third kappa shape index (κ3) is 4.90. The number of anilines is 2. The molecule has 0 saturated carbocycles. The van der Waals surface area contributed by atoms with E-state index in [-0.39, 0.29) is 5.97 Å². The zero-order valence-corrected chi connectivity index (χ0v) is 17.9. The fourth-order valence-corrected chi connectivity index (χ4v) is 3.47. The Kier molecular flexibility index (Phi) is 6.24. The summed E-state index contributed by atoms with van der Waals surface area (Å²) < 4.78 is 7.11. The van der Waals surface area contributed by atoms with E-state index in [9.17, 15) is 4.79 Å². The van der Waals surface area contributed by atoms with Crippen LogP contribution in [0, 0.1) is 0 Å². The standard InChI is InChI=1S/C24H22N4O2S/c1-2-30-22(29)18-12-14-19(15-13-18)25-24(31)27-23-26-20-10-6-7-11-21(20)28(23)16-17-8-4-3-5-9-17/h3-15H,2,16H2,1H3,(H2,25,26,27,31). The number of aromatic nitrogens is 2. The number of carbonyl (C=O) groups excluding carboxylic acids is 1. The number of hydrogen-bond donors (Lipinski definition) is 2. The second-order valence-electron chi connectivity index (χ2n) is 6.87. The molecule has 2 N–H and O–H groups in total. The van der Waals surface area contributed by atoms with Gasteiger partial charge in [0.25, 0.3) is 0 Å². The number of imidazole rings is 1. The average molecular weight is 431 g/mol. The van der Waals surface area contributed by atoms with Crippen molar-refractivity contribution in [2.24, 2.45) is 0 Å². The Balaban J connectivity index is 1.52. The quantitative estimate of drug-likeness (QED) is 0.329. The largest absolute Gasteiger partial charge is 0.462 e. The Morgan fingerprint density at radius 3 is 2.42 bits per heavy atom. The highest BCUT2D eigenvalue weighted by molar-refractivity contribution is 7.80. The van der Waals surface area contributed by atoms with Crippen LogP contribution in [0.5, 0.6) is 0 Å². The molecule has 4 rings (SSSR count). The van der Waals surface area contributed by atoms with Crippen molar-refractivity contribution < 1.29 is 9.53 Å². The fraction of sp³-hybridized carbons (Fsp3) is 0.125. The van der Waals surface area contributed by atoms with Crippen LogP contribution in [0.1, 0.15) is 22.8 Å². The summed E-state index contributed by atoms with van der Waals surface area (Å²) in [7, 11) is 0. The molecular weight excluding hydrogens is 408 g/mol. The molecular formula is C24H22N4O2S. The van der Waals surface area contributed by atoms with Crippen LogP contribution >= 0.6 is 12.2 Å². The SMILES string of the molecule is CCOC(=O)c1ccc(NC(=S)Nc2nc3ccccc3n2Cc2ccccc2)cc1. The minimum atomic E-state index is -0.343. The van der Waals surface area contributed by atoms with Crippen LogP contribution in [0.3, 0.4) is 0 Å². The molecule has 7 heteroatoms. The van der Waals surface area contributed by atoms with Gasteiger partial charge in [0.2, 0.25) is 5.95 Å². The first-order valence-corrected chi connectivity index (χ1v) is 10.4. The Hall–Kier alpha value is -3.71. The van der Waals surface area contributed by atoms with Gasteiger partial charge in [-0.3, -0.25) is 0 Å². The summed E-state index contributed by atoms with van der Waals surface area (Å²) in [5, 5.41) is 6.76. The van der Waals surface area contributed by atoms with Gasteiger partial charge in [0.15, 0.2) is 5.11 Å². The highest BCUT2D eigenvalue weighted by Gasteiger charge is 2.13. The van der Waals surface area contributed by atoms with Gasteiger partial charge in [-0.25, -0.2) is 9.78 Å². The predicted molar refractivity (Wildman–Crippen MR) is 128 cm³/mol. The lowest BCUT2D eigenvalue weighted by atomic mass is 10.2. The molecule has 0 unspecified atom stereocenters. The predicted octanol–water partition coefficient (Wildman–Crippen LogP) is 5.07. The molecule has 1 heterocycles. The number of para-hydroxylation sites is 2. The summed E-state index contributed by atoms with van der Waals surface area (Å²) in [6, 6.07) is 25.2. The van der Waals surface area contributed by atoms with Crippen LogP contribution in [-0.2, 0) is 11.3 Å². The summed E-state index contributed by atoms with van der Waals surface area (Å²) in [5.74, 6) is 0.315. The lowest BCUT2D eigenvalue weighted by molar-refractivity contribution is 0.0526. The number of esters is 1. The van der Waals surface area contributed by atoms with Gasteiger partial charge in [-0.2, -0.15) is 0 Å². The van der Waals surface area contributed by atoms with Crippen molar-refractivity contribution in [2.75, 3.05) is 17.2 Å². The molecule has 3 aromatic carbocycles. The first-order valence-electron chi connectivity index (χ1n) is 9.98. The van der Waals surface area contributed by atoms with E-state index < -0.39 is 0 Å². The van der Waals surface area contributed by atoms with Crippen molar-refractivity contribution in [3.63, 3.8) is 0 Å². The van der Waals surface area contributed by atoms with Gasteiger partial charge in [-0.05, 0) is 61.1 Å². The average Bonchev–Trinajstić information content (AvgIpc) is 3.12. The summed E-state index contributed by atoms with van der Waals surface area (Å²) >= 11 is 5.51. The Bertz CT molecular complexity index is 1200. The number of thiocarbonyl (C=S) groups is 1. The number of carbonyl (C=O) groups is 1. The number of fused-ring (bicyclic) bond motifs is 1. The van der Waals surface area contributed by atoms with Gasteiger partial charge in [0.05, 0.1) is 29.7 Å². The maximum atomic E-state index is 11.8. The topological polar surface area (TPSA) is 68.2 Å². The molecule has 4 aromatic rings. The molecule has 0 aliphatic carbocycles. The summed E-state index contributed by atoms with van der Waals surface area (Å²) in [5.41, 5.74) is 4.34. The van der Waals surface area contributed by atoms with Crippen LogP contribution in [-0.4, -0.2) is 27.2 Å². The monoisotopic (exact) mass is 430 g/mol. The van der Waals surface area contributed by atoms with Gasteiger partial charge < -0.3 is 19.9 Å². The third-order valence-electron chi connectivity index (χ3n) is 4.72. The highest BCUT2D eigenvalue weighted by atomic mass is 32.1. The lowest BCUT2D eigenvalue weighted by Crippen LogP contribution is -2.22. The van der Waals surface area contributed by atoms with Crippen molar-refractivity contribution in [2.45, 2.75) is 13.5 Å². The summed E-state index contributed by atoms with van der Waals surface area (Å²) in [6.07, 6.45) is 0. The molecule has 0 aliphatic heterocycles. The molecule has 0 fully saturated rings. The van der Waals surface area contributed by atoms with Gasteiger partial charge >= 0.3 is 5.97 Å². The first kappa shape index (κ1) is 20.6. The fourth-order valence-electron chi connectivity index (χ4n) is 3.26. The van der Waals surface area contributed by atoms with Gasteiger partial charge in [-0.15, -0.1) is 0 Å². The minimum absolute atomic E-state index is 0.343. The van der Waals surface area contributed by atoms with Gasteiger partial charge in [0, 0.05) is 5.69 Å². The van der Waals surface area contributed by atoms with Crippen LogP contribution in [0.4, 0.5) is 11.6 Å². The van der Waals surface area contributed by atoms with Crippen LogP contribution in [0.15, 0.2) is 78.9 Å². The van der Waals surface area contributed by atoms with E-state index in [1.165, 1.54) is 5.56 Å². The molecule has 0 atom stereocenters. The van der Waals surface area contributed by atoms with Gasteiger partial charge in [-0.1, -0.05) is 42.5 Å². The smallest absolute Gasteiger partial charge is 0.338 e. The molecule has 0 aliphatic rings. The zero-order valence-electron chi connectivity index (χ0n) is 17.0. The maximum absolute atomic E-state index is 11.8. The number of benzene rings is 3. The zero-order chi connectivity index (χ0) is 21.6. The van der Waals surface area contributed by atoms with Crippen molar-refractivity contribution in [3.8, 4) is 0 Å². The maximum Gasteiger partial charge on any atom is 0.338 e. The Morgan fingerprint density at radius 2 is 1.68 bits per heavy atom. The Morgan fingerprint density at radius 1 is 0.968 bits per heavy atom. The second-order valence-corrected chi connectivity index (χ2v) is 7.28. The highest BCUT2D eigenvalue weighted by Crippen LogP contribution is 2.21. The molecule has 0 radical (unpaired) electrons. The van der Waals surface area contributed by atoms with Gasteiger partial charge in [0.1, 0.15) is 0 Å².